The smallest absolute Gasteiger partial charge is 0.123 e. The monoisotopic (exact) mass is 310 g/mol. The van der Waals surface area contributed by atoms with Gasteiger partial charge in [-0.25, -0.2) is 0 Å². The molecule has 0 aliphatic carbocycles. The van der Waals surface area contributed by atoms with Crippen LogP contribution in [0.1, 0.15) is 12.5 Å². The van der Waals surface area contributed by atoms with Gasteiger partial charge in [-0.1, -0.05) is 19.1 Å². The highest BCUT2D eigenvalue weighted by atomic mass is 32.1. The summed E-state index contributed by atoms with van der Waals surface area (Å²) in [5.41, 5.74) is 6.41. The molecular weight excluding hydrogens is 288 g/mol. The Bertz CT molecular complexity index is 496. The Balaban J connectivity index is 1.99. The van der Waals surface area contributed by atoms with Crippen LogP contribution in [0.3, 0.4) is 0 Å². The van der Waals surface area contributed by atoms with Crippen molar-refractivity contribution in [2.45, 2.75) is 13.0 Å². The minimum Gasteiger partial charge on any atom is -0.497 e. The Labute approximate surface area is 131 Å². The van der Waals surface area contributed by atoms with Gasteiger partial charge in [0, 0.05) is 24.7 Å². The molecule has 0 saturated carbocycles. The standard InChI is InChI=1S/C15H22N2O3S/c1-3-17-4-5-19-14(9-17)10-20-13-7-11(15(16)21)6-12(8-13)18-2/h6-8,14H,3-5,9-10H2,1-2H3,(H2,16,21). The van der Waals surface area contributed by atoms with E-state index in [1.54, 1.807) is 13.2 Å². The summed E-state index contributed by atoms with van der Waals surface area (Å²) in [7, 11) is 1.60. The first kappa shape index (κ1) is 16.0. The van der Waals surface area contributed by atoms with Crippen LogP contribution < -0.4 is 15.2 Å². The number of hydrogen-bond donors (Lipinski definition) is 1. The normalized spacial score (nSPS) is 19.2. The number of nitrogens with two attached hydrogens (primary N) is 1. The van der Waals surface area contributed by atoms with E-state index in [-0.39, 0.29) is 6.10 Å². The summed E-state index contributed by atoms with van der Waals surface area (Å²) in [5, 5.41) is 0. The van der Waals surface area contributed by atoms with Crippen LogP contribution in [0.2, 0.25) is 0 Å². The van der Waals surface area contributed by atoms with Gasteiger partial charge in [0.05, 0.1) is 13.7 Å². The van der Waals surface area contributed by atoms with E-state index in [9.17, 15) is 0 Å². The van der Waals surface area contributed by atoms with E-state index in [4.69, 9.17) is 32.2 Å². The van der Waals surface area contributed by atoms with E-state index in [1.807, 2.05) is 12.1 Å². The average molecular weight is 310 g/mol. The molecule has 0 amide bonds. The summed E-state index contributed by atoms with van der Waals surface area (Å²) >= 11 is 5.00. The van der Waals surface area contributed by atoms with E-state index >= 15 is 0 Å². The van der Waals surface area contributed by atoms with Gasteiger partial charge in [-0.15, -0.1) is 0 Å². The number of likely N-dealkylation sites (N-methyl/N-ethyl adjacent to an activating group) is 1. The van der Waals surface area contributed by atoms with Crippen LogP contribution in [0.5, 0.6) is 11.5 Å². The van der Waals surface area contributed by atoms with E-state index in [0.29, 0.717) is 23.1 Å². The minimum atomic E-state index is 0.0816. The molecule has 1 unspecified atom stereocenters. The number of methoxy groups -OCH3 is 1. The van der Waals surface area contributed by atoms with Crippen molar-refractivity contribution in [3.05, 3.63) is 23.8 Å². The lowest BCUT2D eigenvalue weighted by molar-refractivity contribution is -0.0464. The molecule has 0 radical (unpaired) electrons. The second-order valence-corrected chi connectivity index (χ2v) is 5.40. The maximum Gasteiger partial charge on any atom is 0.123 e. The van der Waals surface area contributed by atoms with Crippen molar-refractivity contribution in [1.29, 1.82) is 0 Å². The molecule has 0 bridgehead atoms. The zero-order chi connectivity index (χ0) is 15.2. The highest BCUT2D eigenvalue weighted by Gasteiger charge is 2.20. The molecule has 1 aliphatic rings. The van der Waals surface area contributed by atoms with Crippen LogP contribution in [-0.4, -0.2) is 56.0 Å². The summed E-state index contributed by atoms with van der Waals surface area (Å²) in [6, 6.07) is 5.44. The Morgan fingerprint density at radius 1 is 1.43 bits per heavy atom. The van der Waals surface area contributed by atoms with Crippen molar-refractivity contribution < 1.29 is 14.2 Å². The van der Waals surface area contributed by atoms with Gasteiger partial charge in [0.1, 0.15) is 29.2 Å². The molecule has 1 aromatic carbocycles. The lowest BCUT2D eigenvalue weighted by Crippen LogP contribution is -2.44. The highest BCUT2D eigenvalue weighted by Crippen LogP contribution is 2.23. The Kier molecular flexibility index (Phi) is 5.78. The summed E-state index contributed by atoms with van der Waals surface area (Å²) < 4.78 is 16.8. The third-order valence-corrected chi connectivity index (χ3v) is 3.74. The van der Waals surface area contributed by atoms with Gasteiger partial charge in [0.25, 0.3) is 0 Å². The molecule has 6 heteroatoms. The van der Waals surface area contributed by atoms with Crippen molar-refractivity contribution in [2.24, 2.45) is 5.73 Å². The molecule has 1 saturated heterocycles. The third kappa shape index (κ3) is 4.56. The first-order valence-electron chi connectivity index (χ1n) is 7.08. The molecule has 2 N–H and O–H groups in total. The van der Waals surface area contributed by atoms with Crippen molar-refractivity contribution in [3.63, 3.8) is 0 Å². The SMILES string of the molecule is CCN1CCOC(COc2cc(OC)cc(C(N)=S)c2)C1. The first-order chi connectivity index (χ1) is 10.1. The third-order valence-electron chi connectivity index (χ3n) is 3.51. The van der Waals surface area contributed by atoms with Crippen LogP contribution >= 0.6 is 12.2 Å². The summed E-state index contributed by atoms with van der Waals surface area (Å²) in [6.07, 6.45) is 0.0816. The number of rotatable bonds is 6. The quantitative estimate of drug-likeness (QED) is 0.802. The lowest BCUT2D eigenvalue weighted by Gasteiger charge is -2.31. The molecule has 21 heavy (non-hydrogen) atoms. The van der Waals surface area contributed by atoms with Crippen LogP contribution in [0, 0.1) is 0 Å². The second kappa shape index (κ2) is 7.59. The van der Waals surface area contributed by atoms with Crippen LogP contribution in [0.4, 0.5) is 0 Å². The molecule has 5 nitrogen and oxygen atoms in total. The molecular formula is C15H22N2O3S. The van der Waals surface area contributed by atoms with Gasteiger partial charge in [-0.2, -0.15) is 0 Å². The summed E-state index contributed by atoms with van der Waals surface area (Å²) in [6.45, 7) is 6.31. The largest absolute Gasteiger partial charge is 0.497 e. The predicted octanol–water partition coefficient (Wildman–Crippen LogP) is 1.43. The molecule has 1 aromatic rings. The molecule has 1 aliphatic heterocycles. The van der Waals surface area contributed by atoms with Crippen molar-refractivity contribution in [3.8, 4) is 11.5 Å². The van der Waals surface area contributed by atoms with Gasteiger partial charge in [0.2, 0.25) is 0 Å². The zero-order valence-corrected chi connectivity index (χ0v) is 13.3. The van der Waals surface area contributed by atoms with Crippen LogP contribution in [0.15, 0.2) is 18.2 Å². The average Bonchev–Trinajstić information content (AvgIpc) is 2.52. The van der Waals surface area contributed by atoms with Gasteiger partial charge < -0.3 is 19.9 Å². The number of nitrogens with zero attached hydrogens (tertiary/aromatic N) is 1. The number of morpholine rings is 1. The number of thiocarbonyl (C=S) groups is 1. The summed E-state index contributed by atoms with van der Waals surface area (Å²) in [4.78, 5) is 2.67. The van der Waals surface area contributed by atoms with Gasteiger partial charge in [-0.05, 0) is 18.7 Å². The number of hydrogen-bond acceptors (Lipinski definition) is 5. The fourth-order valence-corrected chi connectivity index (χ4v) is 2.39. The van der Waals surface area contributed by atoms with E-state index in [1.165, 1.54) is 0 Å². The molecule has 0 aromatic heterocycles. The summed E-state index contributed by atoms with van der Waals surface area (Å²) in [5.74, 6) is 1.37. The number of benzene rings is 1. The van der Waals surface area contributed by atoms with Crippen LogP contribution in [-0.2, 0) is 4.74 Å². The van der Waals surface area contributed by atoms with E-state index in [0.717, 1.165) is 31.8 Å². The van der Waals surface area contributed by atoms with Gasteiger partial charge in [0.15, 0.2) is 0 Å². The molecule has 1 atom stereocenters. The van der Waals surface area contributed by atoms with Gasteiger partial charge >= 0.3 is 0 Å². The van der Waals surface area contributed by atoms with Crippen LogP contribution in [0.25, 0.3) is 0 Å². The van der Waals surface area contributed by atoms with Gasteiger partial charge in [-0.3, -0.25) is 4.90 Å². The predicted molar refractivity (Wildman–Crippen MR) is 86.2 cm³/mol. The van der Waals surface area contributed by atoms with Crippen molar-refractivity contribution in [1.82, 2.24) is 4.90 Å². The molecule has 2 rings (SSSR count). The fourth-order valence-electron chi connectivity index (χ4n) is 2.27. The fraction of sp³-hybridized carbons (Fsp3) is 0.533. The minimum absolute atomic E-state index is 0.0816. The Morgan fingerprint density at radius 2 is 2.19 bits per heavy atom. The maximum atomic E-state index is 5.82. The highest BCUT2D eigenvalue weighted by molar-refractivity contribution is 7.80. The van der Waals surface area contributed by atoms with Crippen molar-refractivity contribution >= 4 is 17.2 Å². The first-order valence-corrected chi connectivity index (χ1v) is 7.48. The Morgan fingerprint density at radius 3 is 2.86 bits per heavy atom. The maximum absolute atomic E-state index is 5.82. The second-order valence-electron chi connectivity index (χ2n) is 4.96. The Hall–Kier alpha value is -1.37. The zero-order valence-electron chi connectivity index (χ0n) is 12.5. The topological polar surface area (TPSA) is 57.0 Å². The molecule has 0 spiro atoms. The van der Waals surface area contributed by atoms with E-state index in [2.05, 4.69) is 11.8 Å². The van der Waals surface area contributed by atoms with E-state index < -0.39 is 0 Å². The number of ether oxygens (including phenoxy) is 3. The molecule has 1 heterocycles. The van der Waals surface area contributed by atoms with Crippen molar-refractivity contribution in [2.75, 3.05) is 40.0 Å². The molecule has 116 valence electrons. The molecule has 1 fully saturated rings. The lowest BCUT2D eigenvalue weighted by atomic mass is 10.2.